The van der Waals surface area contributed by atoms with Gasteiger partial charge >= 0.3 is 0 Å². The van der Waals surface area contributed by atoms with Gasteiger partial charge in [-0.15, -0.1) is 0 Å². The Morgan fingerprint density at radius 1 is 1.35 bits per heavy atom. The van der Waals surface area contributed by atoms with Crippen LogP contribution in [0, 0.1) is 0 Å². The molecular weight excluding hydrogens is 212 g/mol. The van der Waals surface area contributed by atoms with Crippen molar-refractivity contribution >= 4 is 11.3 Å². The predicted molar refractivity (Wildman–Crippen MR) is 69.0 cm³/mol. The van der Waals surface area contributed by atoms with E-state index in [9.17, 15) is 0 Å². The molecule has 0 spiro atoms. The van der Waals surface area contributed by atoms with Crippen LogP contribution in [-0.2, 0) is 6.42 Å². The van der Waals surface area contributed by atoms with Gasteiger partial charge in [0.1, 0.15) is 5.65 Å². The summed E-state index contributed by atoms with van der Waals surface area (Å²) in [4.78, 5) is 4.62. The number of hydrogen-bond acceptors (Lipinski definition) is 3. The lowest BCUT2D eigenvalue weighted by Gasteiger charge is -2.22. The quantitative estimate of drug-likeness (QED) is 0.824. The number of aromatic nitrogens is 2. The third kappa shape index (κ3) is 2.26. The third-order valence-electron chi connectivity index (χ3n) is 3.39. The zero-order valence-corrected chi connectivity index (χ0v) is 9.89. The molecule has 3 heterocycles. The molecule has 0 amide bonds. The molecule has 17 heavy (non-hydrogen) atoms. The molecule has 90 valence electrons. The van der Waals surface area contributed by atoms with E-state index in [-0.39, 0.29) is 0 Å². The van der Waals surface area contributed by atoms with Crippen LogP contribution in [0.25, 0.3) is 5.65 Å². The number of fused-ring (bicyclic) bond motifs is 1. The summed E-state index contributed by atoms with van der Waals surface area (Å²) in [6.45, 7) is 1.14. The lowest BCUT2D eigenvalue weighted by atomic mass is 10.0. The van der Waals surface area contributed by atoms with E-state index in [1.54, 1.807) is 0 Å². The van der Waals surface area contributed by atoms with Crippen LogP contribution in [0.5, 0.6) is 0 Å². The summed E-state index contributed by atoms with van der Waals surface area (Å²) in [5.74, 6) is 0. The van der Waals surface area contributed by atoms with E-state index in [2.05, 4.69) is 16.5 Å². The second-order valence-electron chi connectivity index (χ2n) is 4.81. The van der Waals surface area contributed by atoms with Crippen LogP contribution >= 0.6 is 0 Å². The normalized spacial score (nSPS) is 20.8. The smallest absolute Gasteiger partial charge is 0.137 e. The van der Waals surface area contributed by atoms with Crippen molar-refractivity contribution in [2.24, 2.45) is 0 Å². The number of nitrogen functional groups attached to an aromatic ring is 1. The van der Waals surface area contributed by atoms with Crippen LogP contribution in [0.1, 0.15) is 25.0 Å². The zero-order valence-electron chi connectivity index (χ0n) is 9.89. The summed E-state index contributed by atoms with van der Waals surface area (Å²) in [6, 6.07) is 4.45. The molecule has 3 N–H and O–H groups in total. The maximum Gasteiger partial charge on any atom is 0.137 e. The minimum atomic E-state index is 0.589. The van der Waals surface area contributed by atoms with E-state index in [1.807, 2.05) is 22.7 Å². The summed E-state index contributed by atoms with van der Waals surface area (Å²) in [5, 5.41) is 3.55. The number of nitrogens with two attached hydrogens (primary N) is 1. The highest BCUT2D eigenvalue weighted by Crippen LogP contribution is 2.14. The first-order valence-corrected chi connectivity index (χ1v) is 6.28. The Balaban J connectivity index is 1.80. The van der Waals surface area contributed by atoms with Crippen molar-refractivity contribution in [1.82, 2.24) is 14.7 Å². The fourth-order valence-electron chi connectivity index (χ4n) is 2.51. The second kappa shape index (κ2) is 4.37. The number of pyridine rings is 1. The second-order valence-corrected chi connectivity index (χ2v) is 4.81. The summed E-state index contributed by atoms with van der Waals surface area (Å²) in [5.41, 5.74) is 8.66. The van der Waals surface area contributed by atoms with Crippen molar-refractivity contribution in [2.45, 2.75) is 31.7 Å². The van der Waals surface area contributed by atoms with Gasteiger partial charge in [-0.3, -0.25) is 0 Å². The number of piperidine rings is 1. The average Bonchev–Trinajstić information content (AvgIpc) is 2.71. The van der Waals surface area contributed by atoms with E-state index >= 15 is 0 Å². The molecule has 1 unspecified atom stereocenters. The Labute approximate surface area is 101 Å². The summed E-state index contributed by atoms with van der Waals surface area (Å²) in [7, 11) is 0. The van der Waals surface area contributed by atoms with Crippen LogP contribution in [0.2, 0.25) is 0 Å². The van der Waals surface area contributed by atoms with Gasteiger partial charge in [0.25, 0.3) is 0 Å². The van der Waals surface area contributed by atoms with Gasteiger partial charge in [0, 0.05) is 30.5 Å². The fraction of sp³-hybridized carbons (Fsp3) is 0.462. The molecule has 2 aromatic rings. The zero-order chi connectivity index (χ0) is 11.7. The average molecular weight is 230 g/mol. The molecule has 1 saturated heterocycles. The molecule has 1 fully saturated rings. The van der Waals surface area contributed by atoms with Crippen LogP contribution in [0.4, 0.5) is 5.69 Å². The van der Waals surface area contributed by atoms with Crippen molar-refractivity contribution in [1.29, 1.82) is 0 Å². The van der Waals surface area contributed by atoms with Crippen molar-refractivity contribution in [3.8, 4) is 0 Å². The Morgan fingerprint density at radius 2 is 2.29 bits per heavy atom. The molecule has 3 rings (SSSR count). The largest absolute Gasteiger partial charge is 0.398 e. The maximum atomic E-state index is 5.76. The summed E-state index contributed by atoms with van der Waals surface area (Å²) >= 11 is 0. The maximum absolute atomic E-state index is 5.76. The van der Waals surface area contributed by atoms with Crippen molar-refractivity contribution in [2.75, 3.05) is 12.3 Å². The SMILES string of the molecule is Nc1ccc2nc(CC3CCCCN3)cn2c1. The number of nitrogens with zero attached hydrogens (tertiary/aromatic N) is 2. The number of imidazole rings is 1. The topological polar surface area (TPSA) is 55.3 Å². The van der Waals surface area contributed by atoms with E-state index in [0.29, 0.717) is 6.04 Å². The molecular formula is C13H18N4. The van der Waals surface area contributed by atoms with Crippen molar-refractivity contribution in [3.63, 3.8) is 0 Å². The minimum Gasteiger partial charge on any atom is -0.398 e. The number of nitrogens with one attached hydrogen (secondary N) is 1. The van der Waals surface area contributed by atoms with Crippen molar-refractivity contribution < 1.29 is 0 Å². The Morgan fingerprint density at radius 3 is 3.12 bits per heavy atom. The van der Waals surface area contributed by atoms with Gasteiger partial charge in [-0.05, 0) is 31.5 Å². The van der Waals surface area contributed by atoms with E-state index in [0.717, 1.165) is 30.0 Å². The van der Waals surface area contributed by atoms with Gasteiger partial charge in [0.2, 0.25) is 0 Å². The van der Waals surface area contributed by atoms with E-state index < -0.39 is 0 Å². The molecule has 0 aliphatic carbocycles. The fourth-order valence-corrected chi connectivity index (χ4v) is 2.51. The van der Waals surface area contributed by atoms with Gasteiger partial charge in [-0.1, -0.05) is 6.42 Å². The molecule has 0 saturated carbocycles. The first kappa shape index (κ1) is 10.6. The van der Waals surface area contributed by atoms with Crippen LogP contribution in [0.3, 0.4) is 0 Å². The molecule has 1 aliphatic rings. The van der Waals surface area contributed by atoms with Crippen molar-refractivity contribution in [3.05, 3.63) is 30.2 Å². The van der Waals surface area contributed by atoms with Crippen LogP contribution in [0.15, 0.2) is 24.5 Å². The predicted octanol–water partition coefficient (Wildman–Crippen LogP) is 1.60. The molecule has 2 aromatic heterocycles. The van der Waals surface area contributed by atoms with E-state index in [1.165, 1.54) is 19.3 Å². The van der Waals surface area contributed by atoms with E-state index in [4.69, 9.17) is 5.73 Å². The molecule has 0 bridgehead atoms. The molecule has 1 aliphatic heterocycles. The number of hydrogen-bond donors (Lipinski definition) is 2. The van der Waals surface area contributed by atoms with Crippen LogP contribution < -0.4 is 11.1 Å². The first-order valence-electron chi connectivity index (χ1n) is 6.28. The highest BCUT2D eigenvalue weighted by atomic mass is 15.0. The lowest BCUT2D eigenvalue weighted by molar-refractivity contribution is 0.397. The lowest BCUT2D eigenvalue weighted by Crippen LogP contribution is -2.35. The first-order chi connectivity index (χ1) is 8.31. The Bertz CT molecular complexity index is 511. The van der Waals surface area contributed by atoms with Gasteiger partial charge in [0.15, 0.2) is 0 Å². The third-order valence-corrected chi connectivity index (χ3v) is 3.39. The Hall–Kier alpha value is -1.55. The monoisotopic (exact) mass is 230 g/mol. The van der Waals surface area contributed by atoms with Gasteiger partial charge < -0.3 is 15.5 Å². The van der Waals surface area contributed by atoms with Crippen LogP contribution in [-0.4, -0.2) is 22.0 Å². The summed E-state index contributed by atoms with van der Waals surface area (Å²) in [6.07, 6.45) is 8.91. The number of rotatable bonds is 2. The summed E-state index contributed by atoms with van der Waals surface area (Å²) < 4.78 is 2.01. The van der Waals surface area contributed by atoms with Gasteiger partial charge in [-0.2, -0.15) is 0 Å². The highest BCUT2D eigenvalue weighted by molar-refractivity contribution is 5.48. The molecule has 4 nitrogen and oxygen atoms in total. The standard InChI is InChI=1S/C13H18N4/c14-10-4-5-13-16-12(9-17(13)8-10)7-11-3-1-2-6-15-11/h4-5,8-9,11,15H,1-3,6-7,14H2. The highest BCUT2D eigenvalue weighted by Gasteiger charge is 2.14. The molecule has 0 radical (unpaired) electrons. The Kier molecular flexibility index (Phi) is 2.73. The van der Waals surface area contributed by atoms with Gasteiger partial charge in [0.05, 0.1) is 5.69 Å². The minimum absolute atomic E-state index is 0.589. The van der Waals surface area contributed by atoms with Gasteiger partial charge in [-0.25, -0.2) is 4.98 Å². The molecule has 1 atom stereocenters. The number of anilines is 1. The molecule has 4 heteroatoms. The molecule has 0 aromatic carbocycles.